The smallest absolute Gasteiger partial charge is 0.416 e. The summed E-state index contributed by atoms with van der Waals surface area (Å²) in [5, 5.41) is 10.2. The molecule has 24 heavy (non-hydrogen) atoms. The summed E-state index contributed by atoms with van der Waals surface area (Å²) in [6.45, 7) is -0.854. The first-order valence-electron chi connectivity index (χ1n) is 6.27. The number of carboxylic acid groups (broad SMARTS) is 1. The third-order valence-corrected chi connectivity index (χ3v) is 2.62. The standard InChI is InChI=1S/C13H11F6NO4/c14-12(15,16)5-9(11(22)23)20-10(21)6-24-8-3-1-7(2-4-8)13(17,18)19/h1-4,9H,5-6H2,(H,20,21)(H,22,23). The van der Waals surface area contributed by atoms with Gasteiger partial charge < -0.3 is 15.2 Å². The van der Waals surface area contributed by atoms with E-state index in [-0.39, 0.29) is 5.75 Å². The minimum Gasteiger partial charge on any atom is -0.484 e. The van der Waals surface area contributed by atoms with Gasteiger partial charge in [-0.05, 0) is 24.3 Å². The Morgan fingerprint density at radius 1 is 1.08 bits per heavy atom. The van der Waals surface area contributed by atoms with Gasteiger partial charge >= 0.3 is 18.3 Å². The third kappa shape index (κ3) is 6.75. The monoisotopic (exact) mass is 359 g/mol. The first-order valence-corrected chi connectivity index (χ1v) is 6.27. The predicted octanol–water partition coefficient (Wildman–Crippen LogP) is 2.61. The molecule has 1 amide bonds. The molecule has 0 aromatic heterocycles. The van der Waals surface area contributed by atoms with Gasteiger partial charge in [0.1, 0.15) is 11.8 Å². The molecule has 0 fully saturated rings. The van der Waals surface area contributed by atoms with E-state index in [9.17, 15) is 35.9 Å². The Morgan fingerprint density at radius 3 is 2.04 bits per heavy atom. The highest BCUT2D eigenvalue weighted by molar-refractivity contribution is 5.84. The van der Waals surface area contributed by atoms with Crippen LogP contribution in [0.15, 0.2) is 24.3 Å². The number of aliphatic carboxylic acids is 1. The van der Waals surface area contributed by atoms with Crippen LogP contribution in [0, 0.1) is 0 Å². The van der Waals surface area contributed by atoms with Gasteiger partial charge in [-0.3, -0.25) is 4.79 Å². The number of carboxylic acids is 1. The van der Waals surface area contributed by atoms with Gasteiger partial charge in [0.15, 0.2) is 6.61 Å². The van der Waals surface area contributed by atoms with Crippen molar-refractivity contribution in [3.8, 4) is 5.75 Å². The van der Waals surface area contributed by atoms with E-state index in [2.05, 4.69) is 0 Å². The minimum absolute atomic E-state index is 0.138. The summed E-state index contributed by atoms with van der Waals surface area (Å²) in [5.74, 6) is -3.18. The van der Waals surface area contributed by atoms with Crippen molar-refractivity contribution >= 4 is 11.9 Å². The maximum Gasteiger partial charge on any atom is 0.416 e. The highest BCUT2D eigenvalue weighted by Crippen LogP contribution is 2.30. The summed E-state index contributed by atoms with van der Waals surface area (Å²) < 4.78 is 78.3. The molecule has 0 aliphatic rings. The lowest BCUT2D eigenvalue weighted by Gasteiger charge is -2.16. The summed E-state index contributed by atoms with van der Waals surface area (Å²) >= 11 is 0. The average Bonchev–Trinajstić information content (AvgIpc) is 2.42. The number of carbonyl (C=O) groups excluding carboxylic acids is 1. The van der Waals surface area contributed by atoms with E-state index in [4.69, 9.17) is 9.84 Å². The molecule has 0 saturated carbocycles. The van der Waals surface area contributed by atoms with E-state index in [0.29, 0.717) is 12.1 Å². The molecule has 0 aliphatic carbocycles. The molecule has 1 rings (SSSR count). The van der Waals surface area contributed by atoms with Crippen LogP contribution in [0.4, 0.5) is 26.3 Å². The zero-order chi connectivity index (χ0) is 18.5. The van der Waals surface area contributed by atoms with Crippen LogP contribution in [0.2, 0.25) is 0 Å². The van der Waals surface area contributed by atoms with Gasteiger partial charge in [-0.1, -0.05) is 0 Å². The fourth-order valence-corrected chi connectivity index (χ4v) is 1.56. The number of benzene rings is 1. The molecule has 0 heterocycles. The molecule has 0 bridgehead atoms. The molecular weight excluding hydrogens is 348 g/mol. The van der Waals surface area contributed by atoms with Crippen LogP contribution in [0.5, 0.6) is 5.75 Å². The Kier molecular flexibility index (Phi) is 6.04. The molecular formula is C13H11F6NO4. The van der Waals surface area contributed by atoms with Crippen LogP contribution in [0.25, 0.3) is 0 Å². The van der Waals surface area contributed by atoms with E-state index in [1.54, 1.807) is 5.32 Å². The summed E-state index contributed by atoms with van der Waals surface area (Å²) in [6, 6.07) is 1.03. The van der Waals surface area contributed by atoms with Crippen molar-refractivity contribution in [1.82, 2.24) is 5.32 Å². The Hall–Kier alpha value is -2.46. The number of hydrogen-bond donors (Lipinski definition) is 2. The molecule has 134 valence electrons. The molecule has 1 unspecified atom stereocenters. The molecule has 1 aromatic carbocycles. The van der Waals surface area contributed by atoms with Crippen LogP contribution < -0.4 is 10.1 Å². The summed E-state index contributed by atoms with van der Waals surface area (Å²) in [7, 11) is 0. The number of rotatable bonds is 6. The number of nitrogens with one attached hydrogen (secondary N) is 1. The van der Waals surface area contributed by atoms with Crippen molar-refractivity contribution < 1.29 is 45.8 Å². The zero-order valence-corrected chi connectivity index (χ0v) is 11.7. The summed E-state index contributed by atoms with van der Waals surface area (Å²) in [4.78, 5) is 22.1. The second kappa shape index (κ2) is 7.41. The van der Waals surface area contributed by atoms with Crippen LogP contribution >= 0.6 is 0 Å². The number of alkyl halides is 6. The molecule has 0 saturated heterocycles. The number of halogens is 6. The Balaban J connectivity index is 2.57. The summed E-state index contributed by atoms with van der Waals surface area (Å²) in [5.41, 5.74) is -0.949. The first-order chi connectivity index (χ1) is 10.9. The molecule has 0 spiro atoms. The van der Waals surface area contributed by atoms with Crippen molar-refractivity contribution in [3.05, 3.63) is 29.8 Å². The lowest BCUT2D eigenvalue weighted by atomic mass is 10.2. The molecule has 2 N–H and O–H groups in total. The zero-order valence-electron chi connectivity index (χ0n) is 11.7. The maximum absolute atomic E-state index is 12.3. The Bertz CT molecular complexity index is 582. The van der Waals surface area contributed by atoms with Gasteiger partial charge in [-0.15, -0.1) is 0 Å². The molecule has 1 atom stereocenters. The SMILES string of the molecule is O=C(COc1ccc(C(F)(F)F)cc1)NC(CC(F)(F)F)C(=O)O. The van der Waals surface area contributed by atoms with Crippen LogP contribution in [-0.4, -0.2) is 35.8 Å². The molecule has 1 aromatic rings. The highest BCUT2D eigenvalue weighted by atomic mass is 19.4. The molecule has 5 nitrogen and oxygen atoms in total. The largest absolute Gasteiger partial charge is 0.484 e. The van der Waals surface area contributed by atoms with E-state index in [1.165, 1.54) is 0 Å². The summed E-state index contributed by atoms with van der Waals surface area (Å²) in [6.07, 6.45) is -11.1. The number of amides is 1. The lowest BCUT2D eigenvalue weighted by Crippen LogP contribution is -2.45. The molecule has 11 heteroatoms. The second-order valence-corrected chi connectivity index (χ2v) is 4.59. The minimum atomic E-state index is -4.80. The van der Waals surface area contributed by atoms with Crippen molar-refractivity contribution in [2.45, 2.75) is 24.8 Å². The average molecular weight is 359 g/mol. The van der Waals surface area contributed by atoms with Gasteiger partial charge in [0, 0.05) is 0 Å². The number of carbonyl (C=O) groups is 2. The first kappa shape index (κ1) is 19.6. The van der Waals surface area contributed by atoms with Gasteiger partial charge in [-0.25, -0.2) is 4.79 Å². The van der Waals surface area contributed by atoms with Crippen molar-refractivity contribution in [3.63, 3.8) is 0 Å². The highest BCUT2D eigenvalue weighted by Gasteiger charge is 2.36. The van der Waals surface area contributed by atoms with Gasteiger partial charge in [-0.2, -0.15) is 26.3 Å². The topological polar surface area (TPSA) is 75.6 Å². The van der Waals surface area contributed by atoms with E-state index in [1.807, 2.05) is 0 Å². The second-order valence-electron chi connectivity index (χ2n) is 4.59. The Morgan fingerprint density at radius 2 is 1.62 bits per heavy atom. The normalized spacial score (nSPS) is 13.2. The molecule has 0 aliphatic heterocycles. The van der Waals surface area contributed by atoms with E-state index < -0.39 is 48.9 Å². The van der Waals surface area contributed by atoms with Crippen molar-refractivity contribution in [2.75, 3.05) is 6.61 Å². The van der Waals surface area contributed by atoms with Crippen LogP contribution in [-0.2, 0) is 15.8 Å². The van der Waals surface area contributed by atoms with Gasteiger partial charge in [0.25, 0.3) is 5.91 Å². The number of hydrogen-bond acceptors (Lipinski definition) is 3. The lowest BCUT2D eigenvalue weighted by molar-refractivity contribution is -0.160. The van der Waals surface area contributed by atoms with Crippen LogP contribution in [0.3, 0.4) is 0 Å². The Labute approximate surface area is 131 Å². The van der Waals surface area contributed by atoms with E-state index >= 15 is 0 Å². The van der Waals surface area contributed by atoms with Crippen molar-refractivity contribution in [2.24, 2.45) is 0 Å². The van der Waals surface area contributed by atoms with Crippen molar-refractivity contribution in [1.29, 1.82) is 0 Å². The quantitative estimate of drug-likeness (QED) is 0.766. The van der Waals surface area contributed by atoms with Crippen LogP contribution in [0.1, 0.15) is 12.0 Å². The van der Waals surface area contributed by atoms with Gasteiger partial charge in [0.2, 0.25) is 0 Å². The fraction of sp³-hybridized carbons (Fsp3) is 0.385. The van der Waals surface area contributed by atoms with E-state index in [0.717, 1.165) is 12.1 Å². The third-order valence-electron chi connectivity index (χ3n) is 2.62. The molecule has 0 radical (unpaired) electrons. The fourth-order valence-electron chi connectivity index (χ4n) is 1.56. The van der Waals surface area contributed by atoms with Gasteiger partial charge in [0.05, 0.1) is 12.0 Å². The maximum atomic E-state index is 12.3. The number of ether oxygens (including phenoxy) is 1. The predicted molar refractivity (Wildman–Crippen MR) is 67.2 cm³/mol.